The molecular weight excluding hydrogens is 466 g/mol. The fraction of sp³-hybridized carbons (Fsp3) is 0.233. The molecule has 1 amide bonds. The van der Waals surface area contributed by atoms with Gasteiger partial charge in [-0.2, -0.15) is 0 Å². The number of hydrogen-bond acceptors (Lipinski definition) is 4. The van der Waals surface area contributed by atoms with Crippen molar-refractivity contribution in [1.29, 1.82) is 0 Å². The third-order valence-electron chi connectivity index (χ3n) is 5.99. The molecule has 5 nitrogen and oxygen atoms in total. The van der Waals surface area contributed by atoms with Crippen molar-refractivity contribution in [2.24, 2.45) is 0 Å². The quantitative estimate of drug-likeness (QED) is 0.295. The van der Waals surface area contributed by atoms with E-state index in [4.69, 9.17) is 0 Å². The summed E-state index contributed by atoms with van der Waals surface area (Å²) in [4.78, 5) is 31.0. The lowest BCUT2D eigenvalue weighted by Gasteiger charge is -2.19. The molecule has 1 N–H and O–H groups in total. The van der Waals surface area contributed by atoms with Crippen molar-refractivity contribution in [2.45, 2.75) is 45.2 Å². The first kappa shape index (κ1) is 25.5. The average molecular weight is 498 g/mol. The predicted molar refractivity (Wildman–Crippen MR) is 148 cm³/mol. The van der Waals surface area contributed by atoms with Crippen LogP contribution in [0.1, 0.15) is 47.8 Å². The van der Waals surface area contributed by atoms with Crippen molar-refractivity contribution < 1.29 is 9.59 Å². The van der Waals surface area contributed by atoms with Gasteiger partial charge in [-0.25, -0.2) is 4.98 Å². The molecule has 0 atom stereocenters. The van der Waals surface area contributed by atoms with E-state index in [9.17, 15) is 9.59 Å². The monoisotopic (exact) mass is 497 g/mol. The van der Waals surface area contributed by atoms with Gasteiger partial charge < -0.3 is 5.32 Å². The number of amides is 1. The SMILES string of the molecule is Cc1ccc(NC(=O)CSc2ncc(-c3ccccc3)n2C(=O)c2ccc(C(C)(C)C)cc2)c(C)c1. The fourth-order valence-electron chi connectivity index (χ4n) is 3.96. The smallest absolute Gasteiger partial charge is 0.264 e. The second kappa shape index (κ2) is 10.5. The molecule has 1 heterocycles. The van der Waals surface area contributed by atoms with E-state index < -0.39 is 0 Å². The van der Waals surface area contributed by atoms with E-state index >= 15 is 0 Å². The lowest BCUT2D eigenvalue weighted by atomic mass is 9.86. The van der Waals surface area contributed by atoms with Crippen molar-refractivity contribution >= 4 is 29.3 Å². The van der Waals surface area contributed by atoms with Crippen LogP contribution < -0.4 is 5.32 Å². The number of nitrogens with one attached hydrogen (secondary N) is 1. The summed E-state index contributed by atoms with van der Waals surface area (Å²) in [6.45, 7) is 10.4. The highest BCUT2D eigenvalue weighted by atomic mass is 32.2. The van der Waals surface area contributed by atoms with Crippen LogP contribution in [-0.4, -0.2) is 27.1 Å². The lowest BCUT2D eigenvalue weighted by Crippen LogP contribution is -2.18. The van der Waals surface area contributed by atoms with E-state index in [1.54, 1.807) is 10.8 Å². The second-order valence-corrected chi connectivity index (χ2v) is 10.9. The molecule has 0 aliphatic rings. The number of hydrogen-bond donors (Lipinski definition) is 1. The molecule has 6 heteroatoms. The van der Waals surface area contributed by atoms with Gasteiger partial charge in [0.1, 0.15) is 0 Å². The molecule has 36 heavy (non-hydrogen) atoms. The molecule has 3 aromatic carbocycles. The van der Waals surface area contributed by atoms with E-state index in [2.05, 4.69) is 31.1 Å². The maximum absolute atomic E-state index is 13.7. The second-order valence-electron chi connectivity index (χ2n) is 9.92. The van der Waals surface area contributed by atoms with Crippen molar-refractivity contribution in [2.75, 3.05) is 11.1 Å². The summed E-state index contributed by atoms with van der Waals surface area (Å²) in [5, 5.41) is 3.45. The van der Waals surface area contributed by atoms with Crippen LogP contribution in [0.2, 0.25) is 0 Å². The van der Waals surface area contributed by atoms with Crippen molar-refractivity contribution in [3.63, 3.8) is 0 Å². The Morgan fingerprint density at radius 2 is 1.64 bits per heavy atom. The molecule has 0 bridgehead atoms. The first-order valence-electron chi connectivity index (χ1n) is 11.9. The Bertz CT molecular complexity index is 1380. The number of nitrogens with zero attached hydrogens (tertiary/aromatic N) is 2. The summed E-state index contributed by atoms with van der Waals surface area (Å²) < 4.78 is 1.61. The minimum Gasteiger partial charge on any atom is -0.325 e. The Hall–Kier alpha value is -3.64. The van der Waals surface area contributed by atoms with Crippen LogP contribution in [0.25, 0.3) is 11.3 Å². The van der Waals surface area contributed by atoms with Gasteiger partial charge in [-0.3, -0.25) is 14.2 Å². The van der Waals surface area contributed by atoms with E-state index in [1.165, 1.54) is 11.8 Å². The molecule has 0 saturated heterocycles. The van der Waals surface area contributed by atoms with E-state index in [0.717, 1.165) is 27.9 Å². The molecule has 184 valence electrons. The highest BCUT2D eigenvalue weighted by molar-refractivity contribution is 7.99. The van der Waals surface area contributed by atoms with Crippen molar-refractivity contribution in [3.8, 4) is 11.3 Å². The summed E-state index contributed by atoms with van der Waals surface area (Å²) in [6, 6.07) is 23.3. The summed E-state index contributed by atoms with van der Waals surface area (Å²) in [6.07, 6.45) is 1.70. The van der Waals surface area contributed by atoms with Gasteiger partial charge in [0.15, 0.2) is 5.16 Å². The third-order valence-corrected chi connectivity index (χ3v) is 6.94. The average Bonchev–Trinajstić information content (AvgIpc) is 3.28. The third kappa shape index (κ3) is 5.77. The van der Waals surface area contributed by atoms with E-state index in [1.807, 2.05) is 86.6 Å². The van der Waals surface area contributed by atoms with E-state index in [0.29, 0.717) is 16.4 Å². The molecule has 0 spiro atoms. The number of aromatic nitrogens is 2. The highest BCUT2D eigenvalue weighted by Crippen LogP contribution is 2.29. The number of rotatable bonds is 6. The Kier molecular flexibility index (Phi) is 7.45. The number of benzene rings is 3. The fourth-order valence-corrected chi connectivity index (χ4v) is 4.73. The zero-order valence-corrected chi connectivity index (χ0v) is 22.1. The molecule has 0 saturated carbocycles. The number of imidazole rings is 1. The molecule has 0 aliphatic carbocycles. The summed E-state index contributed by atoms with van der Waals surface area (Å²) in [5.41, 5.74) is 6.24. The minimum atomic E-state index is -0.177. The Morgan fingerprint density at radius 1 is 0.944 bits per heavy atom. The first-order valence-corrected chi connectivity index (χ1v) is 12.9. The normalized spacial score (nSPS) is 11.4. The number of carbonyl (C=O) groups excluding carboxylic acids is 2. The van der Waals surface area contributed by atoms with Crippen LogP contribution >= 0.6 is 11.8 Å². The largest absolute Gasteiger partial charge is 0.325 e. The Labute approximate surface area is 217 Å². The molecule has 4 rings (SSSR count). The maximum Gasteiger partial charge on any atom is 0.264 e. The summed E-state index contributed by atoms with van der Waals surface area (Å²) >= 11 is 1.25. The first-order chi connectivity index (χ1) is 17.1. The number of carbonyl (C=O) groups is 2. The summed E-state index contributed by atoms with van der Waals surface area (Å²) in [5.74, 6) is -0.191. The zero-order chi connectivity index (χ0) is 25.9. The molecule has 0 radical (unpaired) electrons. The number of aryl methyl sites for hydroxylation is 2. The predicted octanol–water partition coefficient (Wildman–Crippen LogP) is 6.88. The molecule has 0 unspecified atom stereocenters. The molecule has 0 fully saturated rings. The molecular formula is C30H31N3O2S. The number of thioether (sulfide) groups is 1. The van der Waals surface area contributed by atoms with Crippen LogP contribution in [-0.2, 0) is 10.2 Å². The topological polar surface area (TPSA) is 64.0 Å². The summed E-state index contributed by atoms with van der Waals surface area (Å²) in [7, 11) is 0. The van der Waals surface area contributed by atoms with Crippen LogP contribution in [0.4, 0.5) is 5.69 Å². The van der Waals surface area contributed by atoms with Gasteiger partial charge in [-0.05, 0) is 48.6 Å². The Morgan fingerprint density at radius 3 is 2.28 bits per heavy atom. The minimum absolute atomic E-state index is 0.00401. The van der Waals surface area contributed by atoms with Crippen LogP contribution in [0.5, 0.6) is 0 Å². The number of anilines is 1. The van der Waals surface area contributed by atoms with Gasteiger partial charge in [-0.15, -0.1) is 0 Å². The Balaban J connectivity index is 1.61. The highest BCUT2D eigenvalue weighted by Gasteiger charge is 2.22. The van der Waals surface area contributed by atoms with Gasteiger partial charge in [0.25, 0.3) is 5.91 Å². The van der Waals surface area contributed by atoms with Crippen LogP contribution in [0, 0.1) is 13.8 Å². The van der Waals surface area contributed by atoms with Gasteiger partial charge in [0.2, 0.25) is 5.91 Å². The van der Waals surface area contributed by atoms with Crippen molar-refractivity contribution in [1.82, 2.24) is 9.55 Å². The van der Waals surface area contributed by atoms with Crippen molar-refractivity contribution in [3.05, 3.63) is 101 Å². The molecule has 0 aliphatic heterocycles. The van der Waals surface area contributed by atoms with Gasteiger partial charge >= 0.3 is 0 Å². The van der Waals surface area contributed by atoms with Gasteiger partial charge in [0, 0.05) is 16.8 Å². The van der Waals surface area contributed by atoms with Gasteiger partial charge in [-0.1, -0.05) is 92.7 Å². The zero-order valence-electron chi connectivity index (χ0n) is 21.3. The maximum atomic E-state index is 13.7. The standard InChI is InChI=1S/C30H31N3O2S/c1-20-11-16-25(21(2)17-20)32-27(34)19-36-29-31-18-26(22-9-7-6-8-10-22)33(29)28(35)23-12-14-24(15-13-23)30(3,4)5/h6-18H,19H2,1-5H3,(H,32,34). The van der Waals surface area contributed by atoms with Crippen LogP contribution in [0.3, 0.4) is 0 Å². The van der Waals surface area contributed by atoms with Crippen LogP contribution in [0.15, 0.2) is 84.1 Å². The lowest BCUT2D eigenvalue weighted by molar-refractivity contribution is -0.113. The molecule has 4 aromatic rings. The van der Waals surface area contributed by atoms with Gasteiger partial charge in [0.05, 0.1) is 17.6 Å². The van der Waals surface area contributed by atoms with E-state index in [-0.39, 0.29) is 23.0 Å². The molecule has 1 aromatic heterocycles.